The fourth-order valence-corrected chi connectivity index (χ4v) is 11.1. The Bertz CT molecular complexity index is 608. The maximum atomic E-state index is 2.60. The summed E-state index contributed by atoms with van der Waals surface area (Å²) in [5.74, 6) is 0. The quantitative estimate of drug-likeness (QED) is 0.474. The molecule has 0 aliphatic heterocycles. The molecule has 0 spiro atoms. The van der Waals surface area contributed by atoms with Gasteiger partial charge in [0, 0.05) is 0 Å². The van der Waals surface area contributed by atoms with Gasteiger partial charge in [-0.2, -0.15) is 0 Å². The molecule has 0 radical (unpaired) electrons. The van der Waals surface area contributed by atoms with Crippen molar-refractivity contribution < 1.29 is 19.3 Å². The molecule has 0 amide bonds. The third kappa shape index (κ3) is 2.21. The van der Waals surface area contributed by atoms with Gasteiger partial charge in [0.15, 0.2) is 0 Å². The molecule has 2 aliphatic carbocycles. The van der Waals surface area contributed by atoms with Gasteiger partial charge in [-0.3, -0.25) is 0 Å². The van der Waals surface area contributed by atoms with Crippen LogP contribution in [0.5, 0.6) is 0 Å². The van der Waals surface area contributed by atoms with Gasteiger partial charge in [0.1, 0.15) is 0 Å². The summed E-state index contributed by atoms with van der Waals surface area (Å²) >= 11 is -1.48. The number of rotatable bonds is 2. The molecule has 0 heterocycles. The molecule has 0 nitrogen and oxygen atoms in total. The van der Waals surface area contributed by atoms with Crippen LogP contribution in [0.2, 0.25) is 5.23 Å². The van der Waals surface area contributed by atoms with Crippen molar-refractivity contribution in [2.24, 2.45) is 10.8 Å². The largest absolute Gasteiger partial charge is 1.00 e. The van der Waals surface area contributed by atoms with Crippen LogP contribution in [-0.2, 0) is 17.9 Å². The van der Waals surface area contributed by atoms with E-state index in [0.29, 0.717) is 0 Å². The van der Waals surface area contributed by atoms with Crippen molar-refractivity contribution in [2.75, 3.05) is 0 Å². The van der Waals surface area contributed by atoms with Crippen LogP contribution in [0.25, 0.3) is 0 Å². The molecule has 0 unspecified atom stereocenters. The first kappa shape index (κ1) is 18.0. The molecule has 1 heteroatoms. The predicted octanol–water partition coefficient (Wildman–Crippen LogP) is 7.07. The molecule has 0 saturated carbocycles. The van der Waals surface area contributed by atoms with E-state index in [-0.39, 0.29) is 12.3 Å². The van der Waals surface area contributed by atoms with Crippen molar-refractivity contribution >= 4 is 0 Å². The summed E-state index contributed by atoms with van der Waals surface area (Å²) < 4.78 is 3.60. The van der Waals surface area contributed by atoms with E-state index in [4.69, 9.17) is 0 Å². The molecule has 0 fully saturated rings. The molecule has 0 aromatic carbocycles. The van der Waals surface area contributed by atoms with Crippen molar-refractivity contribution in [3.05, 3.63) is 41.2 Å². The molecule has 0 aromatic heterocycles. The topological polar surface area (TPSA) is 0 Å². The summed E-state index contributed by atoms with van der Waals surface area (Å²) in [7, 11) is 0. The van der Waals surface area contributed by atoms with Crippen LogP contribution in [0, 0.1) is 10.8 Å². The number of allylic oxidation sites excluding steroid dienone is 8. The zero-order valence-corrected chi connectivity index (χ0v) is 18.1. The Balaban J connectivity index is 0.00000264. The zero-order chi connectivity index (χ0) is 17.2. The van der Waals surface area contributed by atoms with E-state index in [9.17, 15) is 0 Å². The van der Waals surface area contributed by atoms with Crippen LogP contribution in [0.3, 0.4) is 0 Å². The van der Waals surface area contributed by atoms with Gasteiger partial charge in [-0.15, -0.1) is 0 Å². The smallest absolute Gasteiger partial charge is 1.00 e. The Morgan fingerprint density at radius 1 is 0.591 bits per heavy atom. The minimum absolute atomic E-state index is 0. The molecule has 22 heavy (non-hydrogen) atoms. The van der Waals surface area contributed by atoms with E-state index in [2.05, 4.69) is 74.5 Å². The first-order valence-electron chi connectivity index (χ1n) is 8.50. The average Bonchev–Trinajstić information content (AvgIpc) is 2.66. The van der Waals surface area contributed by atoms with Gasteiger partial charge in [0.25, 0.3) is 0 Å². The maximum Gasteiger partial charge on any atom is -1.00 e. The molecule has 0 saturated heterocycles. The van der Waals surface area contributed by atoms with Gasteiger partial charge in [-0.1, -0.05) is 0 Å². The second-order valence-electron chi connectivity index (χ2n) is 8.38. The van der Waals surface area contributed by atoms with Gasteiger partial charge in [0.2, 0.25) is 0 Å². The summed E-state index contributed by atoms with van der Waals surface area (Å²) in [6.07, 6.45) is 0. The van der Waals surface area contributed by atoms with Gasteiger partial charge < -0.3 is 1.43 Å². The maximum absolute atomic E-state index is 2.60. The Labute approximate surface area is 145 Å². The SMILES string of the molecule is CC1=C(C)C(C)(C)[C]([Ti]([CH3])[C]2=C(C)C(C)=C(C)C2(C)C)=C1C.[H-]. The first-order chi connectivity index (χ1) is 9.86. The summed E-state index contributed by atoms with van der Waals surface area (Å²) in [4.78, 5) is 0. The van der Waals surface area contributed by atoms with Crippen LogP contribution in [0.4, 0.5) is 0 Å². The Morgan fingerprint density at radius 3 is 1.05 bits per heavy atom. The van der Waals surface area contributed by atoms with E-state index in [0.717, 1.165) is 0 Å². The van der Waals surface area contributed by atoms with E-state index in [1.54, 1.807) is 41.2 Å². The van der Waals surface area contributed by atoms with Crippen molar-refractivity contribution in [1.82, 2.24) is 0 Å². The molecule has 0 bridgehead atoms. The summed E-state index contributed by atoms with van der Waals surface area (Å²) in [6, 6.07) is 0. The molecule has 0 atom stereocenters. The Kier molecular flexibility index (Phi) is 4.38. The molecule has 0 N–H and O–H groups in total. The average molecular weight is 334 g/mol. The first-order valence-corrected chi connectivity index (χ1v) is 11.6. The third-order valence-corrected chi connectivity index (χ3v) is 12.3. The summed E-state index contributed by atoms with van der Waals surface area (Å²) in [5.41, 5.74) is 9.96. The molecular weight excluding hydrogens is 300 g/mol. The summed E-state index contributed by atoms with van der Waals surface area (Å²) in [5, 5.41) is 2.60. The van der Waals surface area contributed by atoms with Gasteiger partial charge in [-0.05, 0) is 0 Å². The molecular formula is C21H34Ti-. The normalized spacial score (nSPS) is 24.1. The second-order valence-corrected chi connectivity index (χ2v) is 11.9. The minimum Gasteiger partial charge on any atom is -1.00 e. The molecule has 123 valence electrons. The molecule has 2 aliphatic rings. The Hall–Kier alpha value is -0.326. The van der Waals surface area contributed by atoms with Crippen LogP contribution in [0.1, 0.15) is 70.7 Å². The molecule has 0 aromatic rings. The third-order valence-electron chi connectivity index (χ3n) is 6.88. The van der Waals surface area contributed by atoms with Gasteiger partial charge in [-0.25, -0.2) is 0 Å². The van der Waals surface area contributed by atoms with Crippen LogP contribution in [-0.4, -0.2) is 0 Å². The minimum atomic E-state index is -1.48. The van der Waals surface area contributed by atoms with E-state index >= 15 is 0 Å². The summed E-state index contributed by atoms with van der Waals surface area (Å²) in [6.45, 7) is 23.8. The van der Waals surface area contributed by atoms with Crippen molar-refractivity contribution in [3.8, 4) is 0 Å². The van der Waals surface area contributed by atoms with E-state index in [1.807, 2.05) is 0 Å². The fraction of sp³-hybridized carbons (Fsp3) is 0.619. The number of hydrogen-bond donors (Lipinski definition) is 0. The van der Waals surface area contributed by atoms with Crippen molar-refractivity contribution in [1.29, 1.82) is 0 Å². The zero-order valence-electron chi connectivity index (χ0n) is 17.5. The number of hydrogen-bond acceptors (Lipinski definition) is 0. The monoisotopic (exact) mass is 334 g/mol. The van der Waals surface area contributed by atoms with Crippen LogP contribution in [0.15, 0.2) is 41.2 Å². The van der Waals surface area contributed by atoms with Gasteiger partial charge >= 0.3 is 144 Å². The van der Waals surface area contributed by atoms with E-state index < -0.39 is 17.9 Å². The van der Waals surface area contributed by atoms with E-state index in [1.165, 1.54) is 0 Å². The standard InChI is InChI=1S/2C10H15.CH3.Ti.H/c2*1-7-6-10(4,5)9(3)8(7)2;;;/h2*1-5H3;1H3;;/q;;;;-1. The van der Waals surface area contributed by atoms with Gasteiger partial charge in [0.05, 0.1) is 0 Å². The fourth-order valence-electron chi connectivity index (χ4n) is 4.81. The Morgan fingerprint density at radius 2 is 0.864 bits per heavy atom. The molecule has 2 rings (SSSR count). The van der Waals surface area contributed by atoms with Crippen LogP contribution >= 0.6 is 0 Å². The predicted molar refractivity (Wildman–Crippen MR) is 96.7 cm³/mol. The van der Waals surface area contributed by atoms with Crippen molar-refractivity contribution in [3.63, 3.8) is 0 Å². The van der Waals surface area contributed by atoms with Crippen molar-refractivity contribution in [2.45, 2.75) is 74.5 Å². The van der Waals surface area contributed by atoms with Crippen LogP contribution < -0.4 is 0 Å². The second kappa shape index (κ2) is 5.35.